The maximum atomic E-state index is 9.41. The lowest BCUT2D eigenvalue weighted by Gasteiger charge is -2.12. The van der Waals surface area contributed by atoms with Crippen LogP contribution in [0.1, 0.15) is 13.7 Å². The first-order chi connectivity index (χ1) is 29.4. The van der Waals surface area contributed by atoms with Gasteiger partial charge in [0, 0.05) is 62.2 Å². The van der Waals surface area contributed by atoms with Crippen molar-refractivity contribution in [3.63, 3.8) is 0 Å². The Hall–Kier alpha value is -6.21. The Labute approximate surface area is 314 Å². The SMILES string of the molecule is [2H]c1c([2H])c([2H])c2c(sc3c([2H])c([2H])c4c5c([2H])c([2H])c([2H])c([2H])c5n(-c5nc(-c6ccc(-c7ccccc7)cc6)nc(-c6cccc7c6sc6ccccc67)n5)c4c32)c1[2H]. The molecule has 0 amide bonds. The second-order valence-corrected chi connectivity index (χ2v) is 14.1. The van der Waals surface area contributed by atoms with Crippen LogP contribution >= 0.6 is 22.7 Å². The van der Waals surface area contributed by atoms with Crippen LogP contribution < -0.4 is 0 Å². The van der Waals surface area contributed by atoms with Gasteiger partial charge in [0.25, 0.3) is 0 Å². The fraction of sp³-hybridized carbons (Fsp3) is 0. The lowest BCUT2D eigenvalue weighted by atomic mass is 10.0. The van der Waals surface area contributed by atoms with Crippen LogP contribution in [-0.2, 0) is 0 Å². The van der Waals surface area contributed by atoms with Crippen molar-refractivity contribution in [2.24, 2.45) is 0 Å². The molecule has 7 aromatic carbocycles. The third-order valence-corrected chi connectivity index (χ3v) is 11.4. The molecule has 11 rings (SSSR count). The molecule has 0 unspecified atom stereocenters. The molecular weight excluding hydrogens is 661 g/mol. The van der Waals surface area contributed by atoms with E-state index in [1.54, 1.807) is 11.3 Å². The van der Waals surface area contributed by atoms with E-state index in [1.807, 2.05) is 84.9 Å². The normalized spacial score (nSPS) is 14.7. The fourth-order valence-electron chi connectivity index (χ4n) is 6.89. The summed E-state index contributed by atoms with van der Waals surface area (Å²) in [6, 6.07) is 27.5. The maximum absolute atomic E-state index is 9.41. The highest BCUT2D eigenvalue weighted by atomic mass is 32.1. The molecule has 6 heteroatoms. The second kappa shape index (κ2) is 11.2. The zero-order valence-electron chi connectivity index (χ0n) is 36.3. The van der Waals surface area contributed by atoms with Gasteiger partial charge >= 0.3 is 0 Å². The molecule has 0 aliphatic rings. The van der Waals surface area contributed by atoms with Crippen LogP contribution in [0.2, 0.25) is 0 Å². The van der Waals surface area contributed by atoms with E-state index in [9.17, 15) is 5.48 Å². The summed E-state index contributed by atoms with van der Waals surface area (Å²) in [5, 5.41) is 2.34. The molecule has 0 aliphatic carbocycles. The highest BCUT2D eigenvalue weighted by molar-refractivity contribution is 7.26. The number of benzene rings is 7. The Morgan fingerprint density at radius 2 is 1.20 bits per heavy atom. The lowest BCUT2D eigenvalue weighted by Crippen LogP contribution is -2.06. The van der Waals surface area contributed by atoms with Crippen molar-refractivity contribution in [3.05, 3.63) is 157 Å². The van der Waals surface area contributed by atoms with Gasteiger partial charge in [0.2, 0.25) is 5.95 Å². The minimum atomic E-state index is -0.536. The molecule has 238 valence electrons. The number of hydrogen-bond acceptors (Lipinski definition) is 5. The van der Waals surface area contributed by atoms with Gasteiger partial charge in [-0.1, -0.05) is 127 Å². The molecule has 4 heterocycles. The van der Waals surface area contributed by atoms with E-state index in [0.29, 0.717) is 11.1 Å². The summed E-state index contributed by atoms with van der Waals surface area (Å²) < 4.78 is 93.5. The van der Waals surface area contributed by atoms with Crippen molar-refractivity contribution in [2.45, 2.75) is 0 Å². The number of thiophene rings is 2. The highest BCUT2D eigenvalue weighted by Crippen LogP contribution is 2.44. The number of aromatic nitrogens is 4. The van der Waals surface area contributed by atoms with Gasteiger partial charge in [-0.3, -0.25) is 4.57 Å². The first kappa shape index (κ1) is 20.5. The van der Waals surface area contributed by atoms with E-state index >= 15 is 0 Å². The number of hydrogen-bond donors (Lipinski definition) is 0. The molecule has 0 radical (unpaired) electrons. The number of fused-ring (bicyclic) bond motifs is 10. The van der Waals surface area contributed by atoms with Crippen molar-refractivity contribution < 1.29 is 13.7 Å². The highest BCUT2D eigenvalue weighted by Gasteiger charge is 2.22. The molecule has 4 nitrogen and oxygen atoms in total. The number of rotatable bonds is 4. The predicted molar refractivity (Wildman–Crippen MR) is 216 cm³/mol. The summed E-state index contributed by atoms with van der Waals surface area (Å²) in [6.07, 6.45) is 0. The van der Waals surface area contributed by atoms with Crippen molar-refractivity contribution in [1.29, 1.82) is 0 Å². The van der Waals surface area contributed by atoms with Crippen LogP contribution in [-0.4, -0.2) is 19.5 Å². The van der Waals surface area contributed by atoms with E-state index in [1.165, 1.54) is 4.57 Å². The molecule has 11 aromatic rings. The van der Waals surface area contributed by atoms with E-state index in [-0.39, 0.29) is 83.7 Å². The Kier molecular flexibility index (Phi) is 4.47. The third-order valence-electron chi connectivity index (χ3n) is 9.19. The summed E-state index contributed by atoms with van der Waals surface area (Å²) in [6.45, 7) is 0. The summed E-state index contributed by atoms with van der Waals surface area (Å²) >= 11 is 2.55. The Balaban J connectivity index is 1.33. The zero-order valence-corrected chi connectivity index (χ0v) is 28.0. The molecular formula is C45H26N4S2. The average Bonchev–Trinajstić information content (AvgIpc) is 3.99. The van der Waals surface area contributed by atoms with Gasteiger partial charge < -0.3 is 0 Å². The van der Waals surface area contributed by atoms with E-state index in [4.69, 9.17) is 23.2 Å². The Morgan fingerprint density at radius 3 is 2.10 bits per heavy atom. The molecule has 0 bridgehead atoms. The zero-order chi connectivity index (χ0) is 42.2. The minimum absolute atomic E-state index is 0.00828. The van der Waals surface area contributed by atoms with Crippen molar-refractivity contribution in [2.75, 3.05) is 0 Å². The minimum Gasteiger partial charge on any atom is -0.277 e. The Bertz CT molecular complexity index is 3710. The van der Waals surface area contributed by atoms with Gasteiger partial charge in [-0.15, -0.1) is 22.7 Å². The molecule has 0 aliphatic heterocycles. The molecule has 0 atom stereocenters. The van der Waals surface area contributed by atoms with Gasteiger partial charge in [0.05, 0.1) is 24.7 Å². The summed E-state index contributed by atoms with van der Waals surface area (Å²) in [4.78, 5) is 15.2. The third kappa shape index (κ3) is 4.40. The van der Waals surface area contributed by atoms with Crippen LogP contribution in [0.15, 0.2) is 157 Å². The predicted octanol–water partition coefficient (Wildman–Crippen LogP) is 12.7. The van der Waals surface area contributed by atoms with Crippen molar-refractivity contribution in [3.8, 4) is 39.9 Å². The van der Waals surface area contributed by atoms with Crippen LogP contribution in [0.3, 0.4) is 0 Å². The smallest absolute Gasteiger partial charge is 0.238 e. The summed E-state index contributed by atoms with van der Waals surface area (Å²) in [5.74, 6) is 0.482. The van der Waals surface area contributed by atoms with Crippen LogP contribution in [0.4, 0.5) is 0 Å². The van der Waals surface area contributed by atoms with Crippen molar-refractivity contribution in [1.82, 2.24) is 19.5 Å². The average molecular weight is 697 g/mol. The second-order valence-electron chi connectivity index (χ2n) is 12.0. The molecule has 0 fully saturated rings. The first-order valence-electron chi connectivity index (χ1n) is 21.1. The molecule has 4 aromatic heterocycles. The number of nitrogens with zero attached hydrogens (tertiary/aromatic N) is 4. The number of para-hydroxylation sites is 1. The first-order valence-corrected chi connectivity index (χ1v) is 17.8. The van der Waals surface area contributed by atoms with Crippen LogP contribution in [0.25, 0.3) is 102 Å². The van der Waals surface area contributed by atoms with E-state index in [2.05, 4.69) is 12.1 Å². The Morgan fingerprint density at radius 1 is 0.471 bits per heavy atom. The lowest BCUT2D eigenvalue weighted by molar-refractivity contribution is 0.956. The molecule has 51 heavy (non-hydrogen) atoms. The molecule has 0 saturated carbocycles. The van der Waals surface area contributed by atoms with Crippen molar-refractivity contribution >= 4 is 84.8 Å². The summed E-state index contributed by atoms with van der Waals surface area (Å²) in [5.41, 5.74) is 3.39. The fourth-order valence-corrected chi connectivity index (χ4v) is 9.06. The molecule has 0 N–H and O–H groups in total. The maximum Gasteiger partial charge on any atom is 0.238 e. The van der Waals surface area contributed by atoms with Gasteiger partial charge in [-0.2, -0.15) is 9.97 Å². The van der Waals surface area contributed by atoms with Gasteiger partial charge in [0.15, 0.2) is 11.6 Å². The largest absolute Gasteiger partial charge is 0.277 e. The summed E-state index contributed by atoms with van der Waals surface area (Å²) in [7, 11) is 0. The van der Waals surface area contributed by atoms with Crippen LogP contribution in [0, 0.1) is 0 Å². The van der Waals surface area contributed by atoms with Gasteiger partial charge in [0.1, 0.15) is 0 Å². The molecule has 0 saturated heterocycles. The standard InChI is InChI=1S/C45H26N4S2/c1-2-11-27(12-3-1)28-21-23-29(24-22-28)43-46-44(35-17-10-16-33-31-14-5-8-19-37(31)51-42(33)35)48-45(47-43)49-36-18-7-4-13-30(36)32-25-26-39-40(41(32)49)34-15-6-9-20-38(34)50-39/h1-26H/i4D,6D,7D,9D,13D,15D,18D,20D,25D,26D. The quantitative estimate of drug-likeness (QED) is 0.184. The molecule has 0 spiro atoms. The van der Waals surface area contributed by atoms with Gasteiger partial charge in [-0.05, 0) is 41.4 Å². The van der Waals surface area contributed by atoms with Crippen LogP contribution in [0.5, 0.6) is 0 Å². The monoisotopic (exact) mass is 696 g/mol. The van der Waals surface area contributed by atoms with Gasteiger partial charge in [-0.25, -0.2) is 4.98 Å². The van der Waals surface area contributed by atoms with E-state index in [0.717, 1.165) is 42.6 Å². The topological polar surface area (TPSA) is 43.6 Å². The van der Waals surface area contributed by atoms with E-state index < -0.39 is 36.3 Å².